The van der Waals surface area contributed by atoms with Crippen molar-refractivity contribution >= 4 is 6.29 Å². The molecule has 0 aliphatic rings. The van der Waals surface area contributed by atoms with Gasteiger partial charge in [-0.3, -0.25) is 0 Å². The second-order valence-corrected chi connectivity index (χ2v) is 6.44. The first-order valence-corrected chi connectivity index (χ1v) is 9.44. The Kier molecular flexibility index (Phi) is 17.4. The van der Waals surface area contributed by atoms with Crippen LogP contribution in [-0.2, 0) is 4.79 Å². The van der Waals surface area contributed by atoms with Crippen LogP contribution < -0.4 is 0 Å². The second-order valence-electron chi connectivity index (χ2n) is 6.44. The maximum absolute atomic E-state index is 10.2. The van der Waals surface area contributed by atoms with Gasteiger partial charge in [-0.1, -0.05) is 103 Å². The Labute approximate surface area is 132 Å². The number of rotatable bonds is 17. The third-order valence-electron chi connectivity index (χ3n) is 4.26. The number of unbranched alkanes of at least 4 members (excludes halogenated alkanes) is 14. The topological polar surface area (TPSA) is 37.3 Å². The van der Waals surface area contributed by atoms with Gasteiger partial charge in [-0.25, -0.2) is 0 Å². The number of hydrogen-bond donors (Lipinski definition) is 1. The zero-order valence-corrected chi connectivity index (χ0v) is 14.3. The van der Waals surface area contributed by atoms with Gasteiger partial charge in [0.2, 0.25) is 0 Å². The number of aliphatic hydroxyl groups is 1. The molecule has 2 nitrogen and oxygen atoms in total. The van der Waals surface area contributed by atoms with Crippen LogP contribution in [0.4, 0.5) is 0 Å². The molecule has 0 saturated heterocycles. The Morgan fingerprint density at radius 2 is 1.00 bits per heavy atom. The minimum atomic E-state index is -0.730. The van der Waals surface area contributed by atoms with Gasteiger partial charge in [0.1, 0.15) is 12.4 Å². The minimum absolute atomic E-state index is 0.641. The van der Waals surface area contributed by atoms with E-state index < -0.39 is 6.10 Å². The Morgan fingerprint density at radius 1 is 0.667 bits per heavy atom. The molecule has 1 N–H and O–H groups in total. The van der Waals surface area contributed by atoms with Crippen LogP contribution in [0.15, 0.2) is 0 Å². The Hall–Kier alpha value is -0.370. The maximum Gasteiger partial charge on any atom is 0.148 e. The summed E-state index contributed by atoms with van der Waals surface area (Å²) in [5, 5.41) is 9.09. The van der Waals surface area contributed by atoms with Crippen LogP contribution in [0.1, 0.15) is 110 Å². The summed E-state index contributed by atoms with van der Waals surface area (Å²) < 4.78 is 0. The van der Waals surface area contributed by atoms with E-state index in [1.807, 2.05) is 0 Å². The molecule has 21 heavy (non-hydrogen) atoms. The lowest BCUT2D eigenvalue weighted by molar-refractivity contribution is -0.115. The quantitative estimate of drug-likeness (QED) is 0.272. The summed E-state index contributed by atoms with van der Waals surface area (Å²) in [6, 6.07) is 0. The largest absolute Gasteiger partial charge is 0.386 e. The van der Waals surface area contributed by atoms with Crippen LogP contribution in [0.25, 0.3) is 0 Å². The monoisotopic (exact) mass is 298 g/mol. The van der Waals surface area contributed by atoms with Crippen molar-refractivity contribution in [2.45, 2.75) is 116 Å². The van der Waals surface area contributed by atoms with Crippen molar-refractivity contribution in [2.75, 3.05) is 0 Å². The van der Waals surface area contributed by atoms with Crippen molar-refractivity contribution in [2.24, 2.45) is 0 Å². The van der Waals surface area contributed by atoms with Crippen LogP contribution in [-0.4, -0.2) is 17.5 Å². The zero-order valence-electron chi connectivity index (χ0n) is 14.3. The average molecular weight is 299 g/mol. The predicted molar refractivity (Wildman–Crippen MR) is 91.6 cm³/mol. The molecule has 0 radical (unpaired) electrons. The highest BCUT2D eigenvalue weighted by Crippen LogP contribution is 2.13. The van der Waals surface area contributed by atoms with E-state index in [-0.39, 0.29) is 0 Å². The van der Waals surface area contributed by atoms with Crippen LogP contribution in [0.5, 0.6) is 0 Å². The van der Waals surface area contributed by atoms with E-state index in [1.165, 1.54) is 83.5 Å². The fourth-order valence-corrected chi connectivity index (χ4v) is 2.79. The van der Waals surface area contributed by atoms with Gasteiger partial charge in [0.05, 0.1) is 0 Å². The molecular weight excluding hydrogens is 260 g/mol. The number of carbonyl (C=O) groups is 1. The molecule has 0 saturated carbocycles. The Morgan fingerprint density at radius 3 is 1.33 bits per heavy atom. The first kappa shape index (κ1) is 20.6. The number of aliphatic hydroxyl groups excluding tert-OH is 1. The van der Waals surface area contributed by atoms with Gasteiger partial charge in [-0.2, -0.15) is 0 Å². The maximum atomic E-state index is 10.2. The molecule has 0 aliphatic carbocycles. The standard InChI is InChI=1S/C19H38O2/c1-2-3-4-5-6-7-8-9-10-11-12-13-14-15-16-17-19(21)18-20/h18-19,21H,2-17H2,1H3. The van der Waals surface area contributed by atoms with E-state index in [9.17, 15) is 4.79 Å². The van der Waals surface area contributed by atoms with Gasteiger partial charge in [-0.15, -0.1) is 0 Å². The van der Waals surface area contributed by atoms with E-state index in [1.54, 1.807) is 0 Å². The Bertz CT molecular complexity index is 204. The van der Waals surface area contributed by atoms with Gasteiger partial charge in [0.15, 0.2) is 0 Å². The molecule has 1 unspecified atom stereocenters. The summed E-state index contributed by atoms with van der Waals surface area (Å²) in [6.07, 6.45) is 20.7. The SMILES string of the molecule is CCCCCCCCCCCCCCCCCC(O)C=O. The minimum Gasteiger partial charge on any atom is -0.386 e. The van der Waals surface area contributed by atoms with Crippen LogP contribution in [0.2, 0.25) is 0 Å². The molecule has 2 heteroatoms. The van der Waals surface area contributed by atoms with Crippen LogP contribution >= 0.6 is 0 Å². The Balaban J connectivity index is 2.98. The van der Waals surface area contributed by atoms with Crippen molar-refractivity contribution in [1.82, 2.24) is 0 Å². The lowest BCUT2D eigenvalue weighted by Crippen LogP contribution is -2.06. The highest BCUT2D eigenvalue weighted by Gasteiger charge is 2.00. The molecule has 1 atom stereocenters. The molecule has 0 aromatic rings. The smallest absolute Gasteiger partial charge is 0.148 e. The second kappa shape index (κ2) is 17.7. The molecule has 0 amide bonds. The summed E-state index contributed by atoms with van der Waals surface area (Å²) in [6.45, 7) is 2.27. The fraction of sp³-hybridized carbons (Fsp3) is 0.947. The van der Waals surface area contributed by atoms with Crippen LogP contribution in [0.3, 0.4) is 0 Å². The van der Waals surface area contributed by atoms with Crippen molar-refractivity contribution in [1.29, 1.82) is 0 Å². The van der Waals surface area contributed by atoms with Gasteiger partial charge >= 0.3 is 0 Å². The van der Waals surface area contributed by atoms with Gasteiger partial charge in [0.25, 0.3) is 0 Å². The molecule has 126 valence electrons. The van der Waals surface area contributed by atoms with Crippen molar-refractivity contribution in [3.8, 4) is 0 Å². The zero-order chi connectivity index (χ0) is 15.6. The number of aldehydes is 1. The summed E-state index contributed by atoms with van der Waals surface area (Å²) in [4.78, 5) is 10.2. The molecule has 0 spiro atoms. The summed E-state index contributed by atoms with van der Waals surface area (Å²) in [5.41, 5.74) is 0. The van der Waals surface area contributed by atoms with Gasteiger partial charge in [-0.05, 0) is 6.42 Å². The first-order valence-electron chi connectivity index (χ1n) is 9.44. The molecule has 0 aromatic heterocycles. The van der Waals surface area contributed by atoms with E-state index in [4.69, 9.17) is 5.11 Å². The molecule has 0 bridgehead atoms. The van der Waals surface area contributed by atoms with E-state index in [0.29, 0.717) is 12.7 Å². The average Bonchev–Trinajstić information content (AvgIpc) is 2.50. The van der Waals surface area contributed by atoms with E-state index in [2.05, 4.69) is 6.92 Å². The lowest BCUT2D eigenvalue weighted by Gasteiger charge is -2.04. The molecule has 0 heterocycles. The van der Waals surface area contributed by atoms with Gasteiger partial charge < -0.3 is 9.90 Å². The highest BCUT2D eigenvalue weighted by molar-refractivity contribution is 5.55. The number of hydrogen-bond acceptors (Lipinski definition) is 2. The lowest BCUT2D eigenvalue weighted by atomic mass is 10.0. The molecule has 0 aliphatic heterocycles. The molecule has 0 fully saturated rings. The van der Waals surface area contributed by atoms with Crippen LogP contribution in [0, 0.1) is 0 Å². The predicted octanol–water partition coefficient (Wildman–Crippen LogP) is 5.81. The fourth-order valence-electron chi connectivity index (χ4n) is 2.79. The summed E-state index contributed by atoms with van der Waals surface area (Å²) >= 11 is 0. The molecule has 0 aromatic carbocycles. The van der Waals surface area contributed by atoms with Crippen molar-refractivity contribution in [3.05, 3.63) is 0 Å². The summed E-state index contributed by atoms with van der Waals surface area (Å²) in [5.74, 6) is 0. The van der Waals surface area contributed by atoms with Gasteiger partial charge in [0, 0.05) is 0 Å². The van der Waals surface area contributed by atoms with E-state index in [0.717, 1.165) is 12.8 Å². The third-order valence-corrected chi connectivity index (χ3v) is 4.26. The molecule has 0 rings (SSSR count). The van der Waals surface area contributed by atoms with E-state index >= 15 is 0 Å². The highest BCUT2D eigenvalue weighted by atomic mass is 16.3. The normalized spacial score (nSPS) is 12.5. The third kappa shape index (κ3) is 17.6. The first-order chi connectivity index (χ1) is 10.3. The molecular formula is C19H38O2. The summed E-state index contributed by atoms with van der Waals surface area (Å²) in [7, 11) is 0. The van der Waals surface area contributed by atoms with Crippen molar-refractivity contribution in [3.63, 3.8) is 0 Å². The number of carbonyl (C=O) groups excluding carboxylic acids is 1. The van der Waals surface area contributed by atoms with Crippen molar-refractivity contribution < 1.29 is 9.90 Å².